The van der Waals surface area contributed by atoms with Gasteiger partial charge >= 0.3 is 6.09 Å². The number of amides is 1. The number of rotatable bonds is 8. The maximum Gasteiger partial charge on any atom is 0.408 e. The molecule has 1 rings (SSSR count). The van der Waals surface area contributed by atoms with Crippen LogP contribution in [-0.2, 0) is 21.3 Å². The minimum Gasteiger partial charge on any atom is -0.444 e. The number of hydrogen-bond donors (Lipinski definition) is 4. The molecule has 10 heteroatoms. The Morgan fingerprint density at radius 3 is 2.17 bits per heavy atom. The van der Waals surface area contributed by atoms with Gasteiger partial charge in [0.25, 0.3) is 0 Å². The van der Waals surface area contributed by atoms with Crippen molar-refractivity contribution in [2.75, 3.05) is 20.1 Å². The van der Waals surface area contributed by atoms with Crippen LogP contribution in [0.4, 0.5) is 4.79 Å². The predicted octanol–water partition coefficient (Wildman–Crippen LogP) is 1.95. The van der Waals surface area contributed by atoms with Crippen LogP contribution in [-0.4, -0.2) is 51.7 Å². The third-order valence-corrected chi connectivity index (χ3v) is 5.23. The SMILES string of the molecule is CCNC(=NCc1ccc(S(=O)(=O)NC)cc1)NCC(C)(C)NC(=O)OC(C)(C)C. The molecule has 0 atom stereocenters. The van der Waals surface area contributed by atoms with Crippen molar-refractivity contribution in [3.05, 3.63) is 29.8 Å². The number of ether oxygens (including phenoxy) is 1. The van der Waals surface area contributed by atoms with E-state index >= 15 is 0 Å². The molecule has 0 heterocycles. The first-order valence-corrected chi connectivity index (χ1v) is 11.3. The molecule has 0 saturated heterocycles. The van der Waals surface area contributed by atoms with Crippen molar-refractivity contribution in [1.82, 2.24) is 20.7 Å². The number of benzene rings is 1. The summed E-state index contributed by atoms with van der Waals surface area (Å²) in [6.45, 7) is 12.6. The second-order valence-corrected chi connectivity index (χ2v) is 10.3. The number of nitrogens with one attached hydrogen (secondary N) is 4. The molecule has 1 aromatic rings. The number of aliphatic imine (C=N–C) groups is 1. The highest BCUT2D eigenvalue weighted by Crippen LogP contribution is 2.11. The Hall–Kier alpha value is -2.33. The molecule has 0 aliphatic rings. The molecule has 0 unspecified atom stereocenters. The van der Waals surface area contributed by atoms with E-state index in [-0.39, 0.29) is 4.90 Å². The predicted molar refractivity (Wildman–Crippen MR) is 119 cm³/mol. The molecule has 0 aliphatic heterocycles. The van der Waals surface area contributed by atoms with E-state index in [1.165, 1.54) is 7.05 Å². The molecular weight excluding hydrogens is 406 g/mol. The van der Waals surface area contributed by atoms with Gasteiger partial charge in [-0.25, -0.2) is 22.9 Å². The van der Waals surface area contributed by atoms with Crippen molar-refractivity contribution >= 4 is 22.1 Å². The Balaban J connectivity index is 2.73. The number of alkyl carbamates (subject to hydrolysis) is 1. The van der Waals surface area contributed by atoms with Crippen molar-refractivity contribution in [1.29, 1.82) is 0 Å². The Labute approximate surface area is 180 Å². The van der Waals surface area contributed by atoms with Gasteiger partial charge in [-0.3, -0.25) is 0 Å². The Morgan fingerprint density at radius 1 is 1.07 bits per heavy atom. The van der Waals surface area contributed by atoms with Crippen LogP contribution < -0.4 is 20.7 Å². The summed E-state index contributed by atoms with van der Waals surface area (Å²) in [5.41, 5.74) is -0.262. The van der Waals surface area contributed by atoms with Crippen molar-refractivity contribution < 1.29 is 17.9 Å². The molecule has 1 aromatic carbocycles. The number of guanidine groups is 1. The van der Waals surface area contributed by atoms with E-state index < -0.39 is 27.3 Å². The summed E-state index contributed by atoms with van der Waals surface area (Å²) in [4.78, 5) is 16.7. The minimum absolute atomic E-state index is 0.206. The summed E-state index contributed by atoms with van der Waals surface area (Å²) >= 11 is 0. The lowest BCUT2D eigenvalue weighted by atomic mass is 10.1. The lowest BCUT2D eigenvalue weighted by Gasteiger charge is -2.29. The smallest absolute Gasteiger partial charge is 0.408 e. The van der Waals surface area contributed by atoms with E-state index in [4.69, 9.17) is 4.74 Å². The fourth-order valence-corrected chi connectivity index (χ4v) is 3.06. The van der Waals surface area contributed by atoms with Crippen LogP contribution in [0.5, 0.6) is 0 Å². The Morgan fingerprint density at radius 2 is 1.67 bits per heavy atom. The van der Waals surface area contributed by atoms with E-state index in [1.54, 1.807) is 24.3 Å². The molecular formula is C20H35N5O4S. The zero-order chi connectivity index (χ0) is 23.0. The largest absolute Gasteiger partial charge is 0.444 e. The van der Waals surface area contributed by atoms with Gasteiger partial charge in [-0.1, -0.05) is 12.1 Å². The molecule has 0 aromatic heterocycles. The van der Waals surface area contributed by atoms with Gasteiger partial charge in [-0.05, 0) is 66.3 Å². The van der Waals surface area contributed by atoms with E-state index in [0.29, 0.717) is 25.6 Å². The Bertz CT molecular complexity index is 828. The fraction of sp³-hybridized carbons (Fsp3) is 0.600. The number of nitrogens with zero attached hydrogens (tertiary/aromatic N) is 1. The van der Waals surface area contributed by atoms with Crippen LogP contribution in [0.3, 0.4) is 0 Å². The summed E-state index contributed by atoms with van der Waals surface area (Å²) in [5, 5.41) is 9.20. The van der Waals surface area contributed by atoms with Gasteiger partial charge in [0.2, 0.25) is 10.0 Å². The minimum atomic E-state index is -3.46. The zero-order valence-electron chi connectivity index (χ0n) is 18.9. The summed E-state index contributed by atoms with van der Waals surface area (Å²) in [6.07, 6.45) is -0.479. The summed E-state index contributed by atoms with van der Waals surface area (Å²) < 4.78 is 31.2. The average molecular weight is 442 g/mol. The molecule has 0 radical (unpaired) electrons. The third-order valence-electron chi connectivity index (χ3n) is 3.80. The first-order valence-electron chi connectivity index (χ1n) is 9.84. The zero-order valence-corrected chi connectivity index (χ0v) is 19.7. The first-order chi connectivity index (χ1) is 13.8. The molecule has 0 fully saturated rings. The van der Waals surface area contributed by atoms with E-state index in [2.05, 4.69) is 25.7 Å². The van der Waals surface area contributed by atoms with Crippen LogP contribution in [0.1, 0.15) is 47.1 Å². The maximum atomic E-state index is 12.0. The highest BCUT2D eigenvalue weighted by atomic mass is 32.2. The highest BCUT2D eigenvalue weighted by Gasteiger charge is 2.24. The number of hydrogen-bond acceptors (Lipinski definition) is 5. The molecule has 0 aliphatic carbocycles. The lowest BCUT2D eigenvalue weighted by molar-refractivity contribution is 0.0474. The van der Waals surface area contributed by atoms with Crippen molar-refractivity contribution in [2.24, 2.45) is 4.99 Å². The normalized spacial score (nSPS) is 13.0. The summed E-state index contributed by atoms with van der Waals surface area (Å²) in [6, 6.07) is 6.55. The van der Waals surface area contributed by atoms with Gasteiger partial charge in [0.05, 0.1) is 17.0 Å². The molecule has 30 heavy (non-hydrogen) atoms. The summed E-state index contributed by atoms with van der Waals surface area (Å²) in [5.74, 6) is 0.587. The van der Waals surface area contributed by atoms with Gasteiger partial charge in [-0.15, -0.1) is 0 Å². The number of carbonyl (C=O) groups excluding carboxylic acids is 1. The van der Waals surface area contributed by atoms with Gasteiger partial charge in [0.15, 0.2) is 5.96 Å². The van der Waals surface area contributed by atoms with Crippen LogP contribution in [0.15, 0.2) is 34.2 Å². The summed E-state index contributed by atoms with van der Waals surface area (Å²) in [7, 11) is -2.08. The average Bonchev–Trinajstić information content (AvgIpc) is 2.62. The molecule has 170 valence electrons. The lowest BCUT2D eigenvalue weighted by Crippen LogP contribution is -2.54. The van der Waals surface area contributed by atoms with E-state index in [1.807, 2.05) is 41.5 Å². The van der Waals surface area contributed by atoms with Gasteiger partial charge in [0, 0.05) is 13.1 Å². The van der Waals surface area contributed by atoms with Crippen LogP contribution in [0.2, 0.25) is 0 Å². The molecule has 0 spiro atoms. The quantitative estimate of drug-likeness (QED) is 0.361. The van der Waals surface area contributed by atoms with Gasteiger partial charge in [-0.2, -0.15) is 0 Å². The Kier molecular flexibility index (Phi) is 9.10. The second kappa shape index (κ2) is 10.6. The van der Waals surface area contributed by atoms with Crippen LogP contribution in [0.25, 0.3) is 0 Å². The van der Waals surface area contributed by atoms with Gasteiger partial charge < -0.3 is 20.7 Å². The maximum absolute atomic E-state index is 12.0. The van der Waals surface area contributed by atoms with E-state index in [9.17, 15) is 13.2 Å². The monoisotopic (exact) mass is 441 g/mol. The van der Waals surface area contributed by atoms with Crippen molar-refractivity contribution in [2.45, 2.75) is 64.1 Å². The molecule has 9 nitrogen and oxygen atoms in total. The molecule has 1 amide bonds. The van der Waals surface area contributed by atoms with Crippen molar-refractivity contribution in [3.8, 4) is 0 Å². The number of carbonyl (C=O) groups is 1. The van der Waals surface area contributed by atoms with Crippen LogP contribution in [0, 0.1) is 0 Å². The second-order valence-electron chi connectivity index (χ2n) is 8.41. The first kappa shape index (κ1) is 25.7. The standard InChI is InChI=1S/C20H35N5O4S/c1-8-22-17(24-14-20(5,6)25-18(26)29-19(2,3)4)23-13-15-9-11-16(12-10-15)30(27,28)21-7/h9-12,21H,8,13-14H2,1-7H3,(H,25,26)(H2,22,23,24). The molecule has 0 bridgehead atoms. The highest BCUT2D eigenvalue weighted by molar-refractivity contribution is 7.89. The van der Waals surface area contributed by atoms with Crippen molar-refractivity contribution in [3.63, 3.8) is 0 Å². The van der Waals surface area contributed by atoms with Crippen LogP contribution >= 0.6 is 0 Å². The molecule has 4 N–H and O–H groups in total. The fourth-order valence-electron chi connectivity index (χ4n) is 2.33. The van der Waals surface area contributed by atoms with E-state index in [0.717, 1.165) is 5.56 Å². The third kappa shape index (κ3) is 9.45. The topological polar surface area (TPSA) is 121 Å². The van der Waals surface area contributed by atoms with Gasteiger partial charge in [0.1, 0.15) is 5.60 Å². The number of sulfonamides is 1. The molecule has 0 saturated carbocycles.